The minimum Gasteiger partial charge on any atom is -0.0683 e. The Morgan fingerprint density at radius 2 is 0.382 bits per heavy atom. The fourth-order valence-corrected chi connectivity index (χ4v) is 7.04. The van der Waals surface area contributed by atoms with E-state index in [-0.39, 0.29) is 0 Å². The van der Waals surface area contributed by atoms with Crippen LogP contribution in [0.15, 0.2) is 0 Å². The Labute approximate surface area is 221 Å². The molecule has 34 heavy (non-hydrogen) atoms. The molecule has 0 heteroatoms. The zero-order chi connectivity index (χ0) is 26.8. The van der Waals surface area contributed by atoms with E-state index >= 15 is 0 Å². The van der Waals surface area contributed by atoms with Crippen molar-refractivity contribution in [3.05, 3.63) is 0 Å². The fourth-order valence-electron chi connectivity index (χ4n) is 7.04. The fraction of sp³-hybridized carbons (Fsp3) is 1.00. The minimum atomic E-state index is 1.17. The van der Waals surface area contributed by atoms with Gasteiger partial charge in [0.1, 0.15) is 0 Å². The molecule has 0 nitrogen and oxygen atoms in total. The van der Waals surface area contributed by atoms with E-state index in [1.54, 1.807) is 70.6 Å². The summed E-state index contributed by atoms with van der Waals surface area (Å²) in [6.45, 7) is 24.0. The van der Waals surface area contributed by atoms with Crippen molar-refractivity contribution in [1.82, 2.24) is 0 Å². The van der Waals surface area contributed by atoms with Crippen LogP contribution in [-0.2, 0) is 0 Å². The molecule has 0 spiro atoms. The van der Waals surface area contributed by atoms with Gasteiger partial charge in [-0.3, -0.25) is 0 Å². The summed E-state index contributed by atoms with van der Waals surface area (Å²) in [6.07, 6.45) is 24.9. The number of hydrogen-bond donors (Lipinski definition) is 0. The largest absolute Gasteiger partial charge is 0.0683 e. The summed E-state index contributed by atoms with van der Waals surface area (Å²) < 4.78 is 0. The van der Waals surface area contributed by atoms with Crippen LogP contribution in [0.3, 0.4) is 0 Å². The molecule has 0 aliphatic heterocycles. The molecule has 7 saturated carbocycles. The summed E-state index contributed by atoms with van der Waals surface area (Å²) in [5, 5.41) is 0. The third-order valence-corrected chi connectivity index (χ3v) is 7.88. The standard InChI is InChI=1S/C10H16.C7H12.C5H10.6C2H6/c1-7-2-9-4-8(1)5-10(3-7)6-9;1-2-7-4-3-6(1)5-7;1-2-4-5-3-1;6*1-2/h7-10H,1-6H2;6-7H,1-5H2;1-5H2;6*1-2H3. The van der Waals surface area contributed by atoms with Crippen LogP contribution in [-0.4, -0.2) is 0 Å². The number of fused-ring (bicyclic) bond motifs is 2. The van der Waals surface area contributed by atoms with Crippen LogP contribution < -0.4 is 0 Å². The van der Waals surface area contributed by atoms with Gasteiger partial charge in [0.2, 0.25) is 0 Å². The van der Waals surface area contributed by atoms with Gasteiger partial charge in [0.25, 0.3) is 0 Å². The number of rotatable bonds is 0. The maximum absolute atomic E-state index is 2.00. The Morgan fingerprint density at radius 3 is 0.500 bits per heavy atom. The first-order valence-corrected chi connectivity index (χ1v) is 16.8. The summed E-state index contributed by atoms with van der Waals surface area (Å²) in [5.41, 5.74) is 0. The van der Waals surface area contributed by atoms with Crippen molar-refractivity contribution < 1.29 is 0 Å². The molecule has 7 aliphatic carbocycles. The van der Waals surface area contributed by atoms with Crippen LogP contribution in [0.1, 0.15) is 186 Å². The number of hydrogen-bond acceptors (Lipinski definition) is 0. The Bertz CT molecular complexity index is 258. The van der Waals surface area contributed by atoms with E-state index in [0.717, 1.165) is 0 Å². The molecular formula is C34H74. The van der Waals surface area contributed by atoms with Gasteiger partial charge < -0.3 is 0 Å². The Hall–Kier alpha value is 0. The van der Waals surface area contributed by atoms with Crippen molar-refractivity contribution in [2.75, 3.05) is 0 Å². The van der Waals surface area contributed by atoms with Gasteiger partial charge in [0, 0.05) is 0 Å². The molecule has 0 saturated heterocycles. The van der Waals surface area contributed by atoms with Gasteiger partial charge in [-0.2, -0.15) is 0 Å². The molecule has 0 N–H and O–H groups in total. The molecule has 0 unspecified atom stereocenters. The van der Waals surface area contributed by atoms with E-state index in [1.165, 1.54) is 67.6 Å². The second-order valence-corrected chi connectivity index (χ2v) is 9.77. The summed E-state index contributed by atoms with van der Waals surface area (Å²) in [6, 6.07) is 0. The summed E-state index contributed by atoms with van der Waals surface area (Å²) in [7, 11) is 0. The second-order valence-electron chi connectivity index (χ2n) is 9.77. The molecule has 210 valence electrons. The van der Waals surface area contributed by atoms with Crippen LogP contribution in [0.2, 0.25) is 0 Å². The lowest BCUT2D eigenvalue weighted by atomic mass is 9.56. The van der Waals surface area contributed by atoms with Crippen LogP contribution in [0.5, 0.6) is 0 Å². The molecule has 7 rings (SSSR count). The first-order chi connectivity index (χ1) is 16.8. The van der Waals surface area contributed by atoms with Crippen molar-refractivity contribution in [3.8, 4) is 0 Å². The van der Waals surface area contributed by atoms with Gasteiger partial charge in [-0.05, 0) is 80.5 Å². The average molecular weight is 483 g/mol. The maximum Gasteiger partial charge on any atom is -0.0406 e. The highest BCUT2D eigenvalue weighted by Gasteiger charge is 2.41. The maximum atomic E-state index is 2.00. The summed E-state index contributed by atoms with van der Waals surface area (Å²) in [4.78, 5) is 0. The quantitative estimate of drug-likeness (QED) is 0.322. The van der Waals surface area contributed by atoms with Crippen molar-refractivity contribution in [2.45, 2.75) is 186 Å². The van der Waals surface area contributed by atoms with Gasteiger partial charge in [-0.15, -0.1) is 0 Å². The van der Waals surface area contributed by atoms with Gasteiger partial charge in [0.15, 0.2) is 0 Å². The van der Waals surface area contributed by atoms with E-state index in [9.17, 15) is 0 Å². The van der Waals surface area contributed by atoms with Crippen LogP contribution in [0.25, 0.3) is 0 Å². The first kappa shape index (κ1) is 38.5. The van der Waals surface area contributed by atoms with E-state index in [4.69, 9.17) is 0 Å². The second kappa shape index (κ2) is 29.2. The van der Waals surface area contributed by atoms with Gasteiger partial charge in [0.05, 0.1) is 0 Å². The summed E-state index contributed by atoms with van der Waals surface area (Å²) in [5.74, 6) is 7.05. The normalized spacial score (nSPS) is 31.4. The average Bonchev–Trinajstić information content (AvgIpc) is 3.74. The molecule has 0 aromatic rings. The van der Waals surface area contributed by atoms with Crippen molar-refractivity contribution in [3.63, 3.8) is 0 Å². The third kappa shape index (κ3) is 16.6. The SMILES string of the molecule is C1C2CC3CC1CC(C2)C3.C1CC2CCC1C2.C1CCCC1.CC.CC.CC.CC.CC.CC. The lowest BCUT2D eigenvalue weighted by molar-refractivity contribution is 0.0198. The molecule has 7 fully saturated rings. The first-order valence-electron chi connectivity index (χ1n) is 16.8. The van der Waals surface area contributed by atoms with Crippen molar-refractivity contribution in [1.29, 1.82) is 0 Å². The molecule has 6 bridgehead atoms. The zero-order valence-electron chi connectivity index (χ0n) is 26.8. The highest BCUT2D eigenvalue weighted by Crippen LogP contribution is 2.53. The van der Waals surface area contributed by atoms with Crippen LogP contribution in [0.4, 0.5) is 0 Å². The van der Waals surface area contributed by atoms with Crippen LogP contribution in [0, 0.1) is 35.5 Å². The Kier molecular flexibility index (Phi) is 33.1. The molecule has 0 aromatic heterocycles. The molecule has 0 heterocycles. The molecule has 0 atom stereocenters. The molecule has 0 amide bonds. The van der Waals surface area contributed by atoms with E-state index in [1.807, 2.05) is 83.1 Å². The van der Waals surface area contributed by atoms with Crippen LogP contribution >= 0.6 is 0 Å². The third-order valence-electron chi connectivity index (χ3n) is 7.88. The Balaban J connectivity index is -0.000000358. The van der Waals surface area contributed by atoms with Gasteiger partial charge in [-0.1, -0.05) is 141 Å². The summed E-state index contributed by atoms with van der Waals surface area (Å²) >= 11 is 0. The van der Waals surface area contributed by atoms with E-state index in [2.05, 4.69) is 0 Å². The van der Waals surface area contributed by atoms with Crippen molar-refractivity contribution >= 4 is 0 Å². The minimum absolute atomic E-state index is 1.17. The van der Waals surface area contributed by atoms with Gasteiger partial charge >= 0.3 is 0 Å². The lowest BCUT2D eigenvalue weighted by Gasteiger charge is -2.49. The molecule has 0 radical (unpaired) electrons. The molecule has 7 aliphatic rings. The van der Waals surface area contributed by atoms with E-state index < -0.39 is 0 Å². The predicted molar refractivity (Wildman–Crippen MR) is 163 cm³/mol. The molecule has 0 aromatic carbocycles. The topological polar surface area (TPSA) is 0 Å². The predicted octanol–water partition coefficient (Wildman–Crippen LogP) is 13.1. The lowest BCUT2D eigenvalue weighted by Crippen LogP contribution is -2.38. The Morgan fingerprint density at radius 1 is 0.235 bits per heavy atom. The van der Waals surface area contributed by atoms with E-state index in [0.29, 0.717) is 0 Å². The van der Waals surface area contributed by atoms with Crippen molar-refractivity contribution in [2.24, 2.45) is 35.5 Å². The highest BCUT2D eigenvalue weighted by atomic mass is 14.5. The smallest absolute Gasteiger partial charge is 0.0406 e. The monoisotopic (exact) mass is 483 g/mol. The highest BCUT2D eigenvalue weighted by molar-refractivity contribution is 4.93. The zero-order valence-corrected chi connectivity index (χ0v) is 26.8. The molecular weight excluding hydrogens is 408 g/mol. The van der Waals surface area contributed by atoms with Gasteiger partial charge in [-0.25, -0.2) is 0 Å².